The quantitative estimate of drug-likeness (QED) is 0.190. The molecule has 6 aliphatic heterocycles. The summed E-state index contributed by atoms with van der Waals surface area (Å²) < 4.78 is 12.6. The number of phenols is 1. The summed E-state index contributed by atoms with van der Waals surface area (Å²) in [5.41, 5.74) is 7.69. The number of benzene rings is 1. The normalized spacial score (nSPS) is 38.3. The average Bonchev–Trinajstić information content (AvgIpc) is 3.20. The van der Waals surface area contributed by atoms with Crippen LogP contribution in [-0.4, -0.2) is 113 Å². The summed E-state index contributed by atoms with van der Waals surface area (Å²) in [5.74, 6) is 9.14. The van der Waals surface area contributed by atoms with Gasteiger partial charge in [-0.15, -0.1) is 0 Å². The third kappa shape index (κ3) is 9.54. The fourth-order valence-corrected chi connectivity index (χ4v) is 11.8. The van der Waals surface area contributed by atoms with Crippen LogP contribution in [0.2, 0.25) is 0 Å². The number of carbonyl (C=O) groups is 1. The van der Waals surface area contributed by atoms with Crippen LogP contribution in [0.5, 0.6) is 11.5 Å². The van der Waals surface area contributed by atoms with E-state index >= 15 is 0 Å². The maximum Gasteiger partial charge on any atom is 0.302 e. The summed E-state index contributed by atoms with van der Waals surface area (Å²) in [4.78, 5) is 23.3. The van der Waals surface area contributed by atoms with Crippen molar-refractivity contribution in [3.63, 3.8) is 0 Å². The van der Waals surface area contributed by atoms with Gasteiger partial charge in [0.15, 0.2) is 17.5 Å². The first kappa shape index (κ1) is 40.7. The van der Waals surface area contributed by atoms with Gasteiger partial charge in [0.25, 0.3) is 0 Å². The molecule has 2 unspecified atom stereocenters. The number of hydrogen-bond acceptors (Lipinski definition) is 12. The molecule has 7 N–H and O–H groups in total. The molecule has 1 aromatic carbocycles. The molecule has 3 saturated heterocycles. The maximum atomic E-state index is 12.8. The Kier molecular flexibility index (Phi) is 12.6. The highest BCUT2D eigenvalue weighted by Crippen LogP contribution is 2.42. The van der Waals surface area contributed by atoms with E-state index in [1.807, 2.05) is 6.07 Å². The summed E-state index contributed by atoms with van der Waals surface area (Å²) in [6, 6.07) is 3.75. The van der Waals surface area contributed by atoms with Gasteiger partial charge >= 0.3 is 5.97 Å². The lowest BCUT2D eigenvalue weighted by molar-refractivity contribution is -0.152. The van der Waals surface area contributed by atoms with Crippen LogP contribution in [0.3, 0.4) is 0 Å². The standard InChI is InChI=1S/C45H68N6O6/c1-30(53)56-41-23-37(54)9-14-44(15-17-50-24-31-18-32(25-50)27-51(26-31)45(11-3-2-4-12-45)49-43(46)48-29-44)13-8-33-6-5-7-36-22-38(10-16-47-36)57-42-21-34(19-39(33)41)35(28-52)20-40(42)55/h20-21,31-33,36-39,41,47,52,54-55H,2-7,9-12,14-19,22-29H2,1H3,(H3,46,48,49)/t31-,32+,33-,36-,37+,38-,39+,41+,44-/m1/s1. The van der Waals surface area contributed by atoms with E-state index in [9.17, 15) is 20.1 Å². The number of hydrogen-bond donors (Lipinski definition) is 6. The number of esters is 1. The number of piperidine rings is 3. The number of nitrogens with zero attached hydrogens (tertiary/aromatic N) is 3. The van der Waals surface area contributed by atoms with Crippen molar-refractivity contribution in [2.45, 2.75) is 146 Å². The van der Waals surface area contributed by atoms with Crippen molar-refractivity contribution < 1.29 is 29.6 Å². The third-order valence-electron chi connectivity index (χ3n) is 14.8. The van der Waals surface area contributed by atoms with E-state index < -0.39 is 17.6 Å². The Hall–Kier alpha value is -3.08. The second kappa shape index (κ2) is 17.6. The summed E-state index contributed by atoms with van der Waals surface area (Å²) in [5, 5.41) is 41.0. The zero-order valence-corrected chi connectivity index (χ0v) is 34.2. The predicted octanol–water partition coefficient (Wildman–Crippen LogP) is 4.03. The number of phenolic OH excluding ortho intramolecular Hbond substituents is 1. The zero-order chi connectivity index (χ0) is 39.6. The first-order valence-corrected chi connectivity index (χ1v) is 22.4. The smallest absolute Gasteiger partial charge is 0.302 e. The predicted molar refractivity (Wildman–Crippen MR) is 219 cm³/mol. The van der Waals surface area contributed by atoms with Gasteiger partial charge in [-0.25, -0.2) is 0 Å². The van der Waals surface area contributed by atoms with Crippen molar-refractivity contribution in [3.8, 4) is 23.3 Å². The molecule has 0 amide bonds. The topological polar surface area (TPSA) is 165 Å². The summed E-state index contributed by atoms with van der Waals surface area (Å²) >= 11 is 0. The Bertz CT molecular complexity index is 1660. The van der Waals surface area contributed by atoms with E-state index in [1.54, 1.807) is 6.07 Å². The van der Waals surface area contributed by atoms with Gasteiger partial charge in [0.05, 0.1) is 30.3 Å². The lowest BCUT2D eigenvalue weighted by atomic mass is 9.73. The first-order chi connectivity index (χ1) is 27.6. The molecule has 2 aliphatic carbocycles. The number of nitrogens with two attached hydrogens (primary N) is 1. The Morgan fingerprint density at radius 3 is 2.60 bits per heavy atom. The average molecular weight is 789 g/mol. The number of aliphatic hydroxyl groups is 2. The SMILES string of the molecule is CC(=O)O[C@H]1C[C@@H](O)CC[C@]2(C#C[C@H]3CCC[C@@H]4C[C@@H](CCN4)Oc4cc(c(CO)cc4O)C[C@H]13)CCN1C[C@H]3C[C@@H](C1)CN(C3)C1(CCCCC1)NC(N)=NC2. The Balaban J connectivity index is 1.19. The molecule has 0 aromatic heterocycles. The van der Waals surface area contributed by atoms with Crippen LogP contribution in [0.15, 0.2) is 17.1 Å². The number of guanidine groups is 1. The Morgan fingerprint density at radius 1 is 1.02 bits per heavy atom. The van der Waals surface area contributed by atoms with Gasteiger partial charge in [-0.05, 0) is 132 Å². The van der Waals surface area contributed by atoms with E-state index in [2.05, 4.69) is 32.3 Å². The minimum absolute atomic E-state index is 0.0142. The number of ether oxygens (including phenoxy) is 2. The van der Waals surface area contributed by atoms with Gasteiger partial charge in [0.2, 0.25) is 0 Å². The summed E-state index contributed by atoms with van der Waals surface area (Å²) in [6.07, 6.45) is 12.9. The molecule has 57 heavy (non-hydrogen) atoms. The van der Waals surface area contributed by atoms with Gasteiger partial charge in [0, 0.05) is 57.4 Å². The molecule has 2 spiro atoms. The molecule has 1 aromatic rings. The minimum atomic E-state index is -0.718. The van der Waals surface area contributed by atoms with Crippen LogP contribution >= 0.6 is 0 Å². The van der Waals surface area contributed by atoms with Gasteiger partial charge in [0.1, 0.15) is 12.2 Å². The van der Waals surface area contributed by atoms with E-state index in [-0.39, 0.29) is 48.0 Å². The number of rotatable bonds is 2. The van der Waals surface area contributed by atoms with Crippen molar-refractivity contribution in [1.82, 2.24) is 20.4 Å². The number of carbonyl (C=O) groups excluding carboxylic acids is 1. The van der Waals surface area contributed by atoms with Crippen LogP contribution in [-0.2, 0) is 22.6 Å². The number of aliphatic hydroxyl groups excluding tert-OH is 2. The Labute approximate surface area is 339 Å². The van der Waals surface area contributed by atoms with Crippen molar-refractivity contribution in [3.05, 3.63) is 23.3 Å². The van der Waals surface area contributed by atoms with Gasteiger partial charge in [-0.3, -0.25) is 14.7 Å². The van der Waals surface area contributed by atoms with Gasteiger partial charge < -0.3 is 46.1 Å². The van der Waals surface area contributed by atoms with Crippen LogP contribution in [0.1, 0.15) is 114 Å². The number of nitrogens with one attached hydrogen (secondary N) is 2. The lowest BCUT2D eigenvalue weighted by Gasteiger charge is -2.54. The fraction of sp³-hybridized carbons (Fsp3) is 0.778. The van der Waals surface area contributed by atoms with E-state index in [4.69, 9.17) is 20.2 Å². The maximum absolute atomic E-state index is 12.8. The Morgan fingerprint density at radius 2 is 1.82 bits per heavy atom. The molecule has 8 aliphatic rings. The van der Waals surface area contributed by atoms with Crippen LogP contribution in [0.25, 0.3) is 0 Å². The molecule has 12 nitrogen and oxygen atoms in total. The molecular weight excluding hydrogens is 721 g/mol. The third-order valence-corrected chi connectivity index (χ3v) is 14.8. The van der Waals surface area contributed by atoms with Gasteiger partial charge in [-0.2, -0.15) is 0 Å². The highest BCUT2D eigenvalue weighted by Gasteiger charge is 2.46. The largest absolute Gasteiger partial charge is 0.504 e. The molecule has 12 heteroatoms. The monoisotopic (exact) mass is 789 g/mol. The molecule has 4 fully saturated rings. The lowest BCUT2D eigenvalue weighted by Crippen LogP contribution is -2.67. The molecule has 314 valence electrons. The molecule has 9 rings (SSSR count). The van der Waals surface area contributed by atoms with Crippen molar-refractivity contribution >= 4 is 11.9 Å². The molecule has 11 atom stereocenters. The van der Waals surface area contributed by atoms with Crippen molar-refractivity contribution in [2.24, 2.45) is 39.8 Å². The molecule has 6 heterocycles. The number of fused-ring (bicyclic) bond motifs is 8. The molecular formula is C45H68N6O6. The van der Waals surface area contributed by atoms with E-state index in [0.29, 0.717) is 61.3 Å². The highest BCUT2D eigenvalue weighted by molar-refractivity contribution is 5.78. The second-order valence-electron chi connectivity index (χ2n) is 19.0. The highest BCUT2D eigenvalue weighted by atomic mass is 16.5. The fourth-order valence-electron chi connectivity index (χ4n) is 11.8. The van der Waals surface area contributed by atoms with Gasteiger partial charge in [-0.1, -0.05) is 24.7 Å². The van der Waals surface area contributed by atoms with E-state index in [1.165, 1.54) is 32.6 Å². The van der Waals surface area contributed by atoms with Crippen LogP contribution in [0, 0.1) is 40.9 Å². The second-order valence-corrected chi connectivity index (χ2v) is 19.0. The van der Waals surface area contributed by atoms with Crippen molar-refractivity contribution in [2.75, 3.05) is 45.8 Å². The van der Waals surface area contributed by atoms with E-state index in [0.717, 1.165) is 96.2 Å². The van der Waals surface area contributed by atoms with Crippen LogP contribution in [0.4, 0.5) is 0 Å². The first-order valence-electron chi connectivity index (χ1n) is 22.4. The zero-order valence-electron chi connectivity index (χ0n) is 34.2. The number of aliphatic imine (C=N–C) groups is 1. The molecule has 0 radical (unpaired) electrons. The van der Waals surface area contributed by atoms with Crippen molar-refractivity contribution in [1.29, 1.82) is 0 Å². The summed E-state index contributed by atoms with van der Waals surface area (Å²) in [7, 11) is 0. The molecule has 8 bridgehead atoms. The summed E-state index contributed by atoms with van der Waals surface area (Å²) in [6.45, 7) is 7.80. The number of aromatic hydroxyl groups is 1. The minimum Gasteiger partial charge on any atom is -0.504 e. The molecule has 1 saturated carbocycles. The van der Waals surface area contributed by atoms with Crippen LogP contribution < -0.4 is 21.1 Å².